The van der Waals surface area contributed by atoms with E-state index in [1.54, 1.807) is 0 Å². The SMILES string of the molecule is CC1(C)C(O)C(C)(C)C(C)(C)C(C)(C)C(C)(C)C(C)(C)C1N=O. The molecule has 1 aliphatic carbocycles. The van der Waals surface area contributed by atoms with Gasteiger partial charge in [0.05, 0.1) is 6.10 Å². The second kappa shape index (κ2) is 5.03. The summed E-state index contributed by atoms with van der Waals surface area (Å²) in [7, 11) is 0. The van der Waals surface area contributed by atoms with E-state index >= 15 is 0 Å². The van der Waals surface area contributed by atoms with Crippen LogP contribution in [-0.4, -0.2) is 17.3 Å². The van der Waals surface area contributed by atoms with Gasteiger partial charge in [-0.15, -0.1) is 0 Å². The molecule has 1 N–H and O–H groups in total. The molecule has 1 fully saturated rings. The minimum Gasteiger partial charge on any atom is -0.392 e. The van der Waals surface area contributed by atoms with Crippen LogP contribution in [0.25, 0.3) is 0 Å². The van der Waals surface area contributed by atoms with Crippen LogP contribution in [0, 0.1) is 37.4 Å². The molecule has 0 aliphatic heterocycles. The van der Waals surface area contributed by atoms with Crippen molar-refractivity contribution in [2.75, 3.05) is 0 Å². The van der Waals surface area contributed by atoms with Gasteiger partial charge in [0.2, 0.25) is 0 Å². The Morgan fingerprint density at radius 1 is 0.652 bits per heavy atom. The first-order chi connectivity index (χ1) is 9.85. The molecule has 23 heavy (non-hydrogen) atoms. The third-order valence-electron chi connectivity index (χ3n) is 9.23. The zero-order valence-electron chi connectivity index (χ0n) is 17.5. The van der Waals surface area contributed by atoms with Crippen molar-refractivity contribution in [1.29, 1.82) is 0 Å². The van der Waals surface area contributed by atoms with Crippen LogP contribution in [0.2, 0.25) is 0 Å². The van der Waals surface area contributed by atoms with Crippen molar-refractivity contribution in [1.82, 2.24) is 0 Å². The second-order valence-electron chi connectivity index (χ2n) is 11.1. The van der Waals surface area contributed by atoms with Crippen molar-refractivity contribution >= 4 is 0 Å². The number of hydrogen-bond donors (Lipinski definition) is 1. The quantitative estimate of drug-likeness (QED) is 0.633. The lowest BCUT2D eigenvalue weighted by Gasteiger charge is -2.69. The summed E-state index contributed by atoms with van der Waals surface area (Å²) in [5.41, 5.74) is -1.73. The minimum absolute atomic E-state index is 0.118. The van der Waals surface area contributed by atoms with Crippen LogP contribution in [0.15, 0.2) is 5.18 Å². The van der Waals surface area contributed by atoms with Crippen LogP contribution in [0.4, 0.5) is 0 Å². The van der Waals surface area contributed by atoms with Gasteiger partial charge in [-0.3, -0.25) is 0 Å². The first-order valence-corrected chi connectivity index (χ1v) is 8.85. The Hall–Kier alpha value is -0.440. The Morgan fingerprint density at radius 3 is 1.35 bits per heavy atom. The van der Waals surface area contributed by atoms with Gasteiger partial charge in [-0.05, 0) is 27.1 Å². The van der Waals surface area contributed by atoms with E-state index in [4.69, 9.17) is 0 Å². The monoisotopic (exact) mass is 325 g/mol. The smallest absolute Gasteiger partial charge is 0.105 e. The van der Waals surface area contributed by atoms with Gasteiger partial charge in [-0.2, -0.15) is 4.91 Å². The third-order valence-corrected chi connectivity index (χ3v) is 9.23. The van der Waals surface area contributed by atoms with Crippen molar-refractivity contribution in [2.45, 2.75) is 95.2 Å². The Balaban J connectivity index is 3.90. The summed E-state index contributed by atoms with van der Waals surface area (Å²) in [4.78, 5) is 11.9. The highest BCUT2D eigenvalue weighted by molar-refractivity contribution is 5.17. The number of rotatable bonds is 1. The summed E-state index contributed by atoms with van der Waals surface area (Å²) in [5.74, 6) is 0. The van der Waals surface area contributed by atoms with Crippen LogP contribution in [0.3, 0.4) is 0 Å². The average molecular weight is 326 g/mol. The van der Waals surface area contributed by atoms with Gasteiger partial charge >= 0.3 is 0 Å². The standard InChI is InChI=1S/C20H39NO2/c1-15(2)13(21-23)16(3,4)18(7,8)20(11,12)19(9,10)17(5,6)14(15)22/h13-14,22H,1-12H3. The second-order valence-corrected chi connectivity index (χ2v) is 11.1. The number of nitroso groups, excluding NO2 is 1. The molecular formula is C20H39NO2. The van der Waals surface area contributed by atoms with Gasteiger partial charge in [0.1, 0.15) is 6.04 Å². The van der Waals surface area contributed by atoms with E-state index in [9.17, 15) is 10.0 Å². The molecule has 0 saturated heterocycles. The van der Waals surface area contributed by atoms with Gasteiger partial charge in [0, 0.05) is 5.41 Å². The van der Waals surface area contributed by atoms with E-state index in [0.717, 1.165) is 0 Å². The normalized spacial score (nSPS) is 36.6. The molecular weight excluding hydrogens is 286 g/mol. The first kappa shape index (κ1) is 20.6. The fourth-order valence-corrected chi connectivity index (χ4v) is 5.35. The van der Waals surface area contributed by atoms with Crippen LogP contribution >= 0.6 is 0 Å². The van der Waals surface area contributed by atoms with Crippen LogP contribution in [0.1, 0.15) is 83.1 Å². The lowest BCUT2D eigenvalue weighted by Crippen LogP contribution is -2.68. The highest BCUT2D eigenvalue weighted by Crippen LogP contribution is 2.69. The van der Waals surface area contributed by atoms with Crippen LogP contribution in [-0.2, 0) is 0 Å². The summed E-state index contributed by atoms with van der Waals surface area (Å²) >= 11 is 0. The molecule has 0 radical (unpaired) electrons. The van der Waals surface area contributed by atoms with E-state index < -0.39 is 17.6 Å². The zero-order valence-corrected chi connectivity index (χ0v) is 17.5. The summed E-state index contributed by atoms with van der Waals surface area (Å²) in [5, 5.41) is 14.9. The summed E-state index contributed by atoms with van der Waals surface area (Å²) in [6.45, 7) is 26.2. The van der Waals surface area contributed by atoms with E-state index in [0.29, 0.717) is 0 Å². The molecule has 3 heteroatoms. The molecule has 2 atom stereocenters. The van der Waals surface area contributed by atoms with E-state index in [2.05, 4.69) is 74.4 Å². The number of aliphatic hydroxyl groups is 1. The average Bonchev–Trinajstić information content (AvgIpc) is 2.35. The molecule has 0 amide bonds. The van der Waals surface area contributed by atoms with E-state index in [1.807, 2.05) is 13.8 Å². The molecule has 0 aromatic carbocycles. The Bertz CT molecular complexity index is 484. The highest BCUT2D eigenvalue weighted by Gasteiger charge is 2.68. The molecule has 1 saturated carbocycles. The molecule has 1 aliphatic rings. The summed E-state index contributed by atoms with van der Waals surface area (Å²) < 4.78 is 0. The third kappa shape index (κ3) is 2.18. The van der Waals surface area contributed by atoms with Gasteiger partial charge in [-0.1, -0.05) is 88.3 Å². The Kier molecular flexibility index (Phi) is 4.51. The number of hydrogen-bond acceptors (Lipinski definition) is 3. The van der Waals surface area contributed by atoms with Crippen molar-refractivity contribution in [2.24, 2.45) is 37.7 Å². The Labute approximate surface area is 143 Å². The van der Waals surface area contributed by atoms with Crippen molar-refractivity contribution < 1.29 is 5.11 Å². The van der Waals surface area contributed by atoms with Gasteiger partial charge in [0.15, 0.2) is 0 Å². The fourth-order valence-electron chi connectivity index (χ4n) is 5.35. The van der Waals surface area contributed by atoms with E-state index in [-0.39, 0.29) is 27.1 Å². The van der Waals surface area contributed by atoms with Gasteiger partial charge in [0.25, 0.3) is 0 Å². The largest absolute Gasteiger partial charge is 0.392 e. The maximum absolute atomic E-state index is 11.9. The summed E-state index contributed by atoms with van der Waals surface area (Å²) in [6, 6.07) is -0.463. The van der Waals surface area contributed by atoms with Crippen molar-refractivity contribution in [3.05, 3.63) is 4.91 Å². The number of nitrogens with zero attached hydrogens (tertiary/aromatic N) is 1. The molecule has 0 spiro atoms. The zero-order chi connectivity index (χ0) is 18.9. The van der Waals surface area contributed by atoms with Gasteiger partial charge < -0.3 is 5.11 Å². The summed E-state index contributed by atoms with van der Waals surface area (Å²) in [6.07, 6.45) is -0.623. The lowest BCUT2D eigenvalue weighted by atomic mass is 9.36. The molecule has 1 rings (SSSR count). The van der Waals surface area contributed by atoms with Crippen molar-refractivity contribution in [3.8, 4) is 0 Å². The molecule has 0 aromatic heterocycles. The Morgan fingerprint density at radius 2 is 1.00 bits per heavy atom. The predicted molar refractivity (Wildman–Crippen MR) is 98.3 cm³/mol. The topological polar surface area (TPSA) is 49.7 Å². The predicted octanol–water partition coefficient (Wildman–Crippen LogP) is 5.65. The molecule has 2 unspecified atom stereocenters. The molecule has 0 heterocycles. The maximum atomic E-state index is 11.9. The van der Waals surface area contributed by atoms with Crippen LogP contribution < -0.4 is 0 Å². The molecule has 0 aromatic rings. The maximum Gasteiger partial charge on any atom is 0.105 e. The van der Waals surface area contributed by atoms with Crippen LogP contribution in [0.5, 0.6) is 0 Å². The highest BCUT2D eigenvalue weighted by atomic mass is 16.3. The molecule has 0 bridgehead atoms. The molecule has 3 nitrogen and oxygen atoms in total. The molecule has 136 valence electrons. The van der Waals surface area contributed by atoms with E-state index in [1.165, 1.54) is 0 Å². The van der Waals surface area contributed by atoms with Gasteiger partial charge in [-0.25, -0.2) is 0 Å². The van der Waals surface area contributed by atoms with Crippen molar-refractivity contribution in [3.63, 3.8) is 0 Å². The number of aliphatic hydroxyl groups excluding tert-OH is 1. The first-order valence-electron chi connectivity index (χ1n) is 8.85. The lowest BCUT2D eigenvalue weighted by molar-refractivity contribution is -0.231. The fraction of sp³-hybridized carbons (Fsp3) is 1.00. The minimum atomic E-state index is -0.623.